The summed E-state index contributed by atoms with van der Waals surface area (Å²) in [5.41, 5.74) is 13.4. The van der Waals surface area contributed by atoms with Crippen molar-refractivity contribution in [3.63, 3.8) is 0 Å². The van der Waals surface area contributed by atoms with E-state index in [-0.39, 0.29) is 6.10 Å². The predicted molar refractivity (Wildman–Crippen MR) is 85.5 cm³/mol. The number of anilines is 1. The Bertz CT molecular complexity index is 494. The third kappa shape index (κ3) is 4.13. The van der Waals surface area contributed by atoms with Crippen LogP contribution in [0.5, 0.6) is 5.75 Å². The molecule has 4 heteroatoms. The summed E-state index contributed by atoms with van der Waals surface area (Å²) in [6.45, 7) is 2.14. The molecule has 116 valence electrons. The Balaban J connectivity index is 2.30. The molecule has 1 aliphatic rings. The van der Waals surface area contributed by atoms with Gasteiger partial charge in [-0.05, 0) is 56.2 Å². The molecule has 0 aliphatic heterocycles. The van der Waals surface area contributed by atoms with E-state index < -0.39 is 5.91 Å². The van der Waals surface area contributed by atoms with Crippen LogP contribution in [0.15, 0.2) is 12.1 Å². The molecule has 1 aliphatic carbocycles. The second-order valence-electron chi connectivity index (χ2n) is 5.90. The highest BCUT2D eigenvalue weighted by molar-refractivity contribution is 5.97. The van der Waals surface area contributed by atoms with Gasteiger partial charge in [0.05, 0.1) is 11.7 Å². The number of amides is 1. The van der Waals surface area contributed by atoms with Crippen LogP contribution >= 0.6 is 0 Å². The quantitative estimate of drug-likeness (QED) is 0.788. The van der Waals surface area contributed by atoms with E-state index in [0.717, 1.165) is 37.7 Å². The summed E-state index contributed by atoms with van der Waals surface area (Å²) in [5, 5.41) is 0. The summed E-state index contributed by atoms with van der Waals surface area (Å²) < 4.78 is 6.17. The summed E-state index contributed by atoms with van der Waals surface area (Å²) in [6.07, 6.45) is 8.95. The number of primary amides is 1. The first-order valence-electron chi connectivity index (χ1n) is 8.00. The van der Waals surface area contributed by atoms with Gasteiger partial charge in [0.15, 0.2) is 0 Å². The van der Waals surface area contributed by atoms with Gasteiger partial charge in [-0.3, -0.25) is 4.79 Å². The molecular formula is C17H26N2O2. The first-order valence-corrected chi connectivity index (χ1v) is 8.00. The van der Waals surface area contributed by atoms with E-state index in [1.165, 1.54) is 19.3 Å². The van der Waals surface area contributed by atoms with Gasteiger partial charge in [0, 0.05) is 5.69 Å². The van der Waals surface area contributed by atoms with Crippen molar-refractivity contribution in [3.05, 3.63) is 23.3 Å². The number of unbranched alkanes of at least 4 members (excludes halogenated alkanes) is 1. The third-order valence-electron chi connectivity index (χ3n) is 4.09. The molecule has 2 rings (SSSR count). The van der Waals surface area contributed by atoms with Crippen molar-refractivity contribution < 1.29 is 9.53 Å². The second kappa shape index (κ2) is 7.34. The van der Waals surface area contributed by atoms with Gasteiger partial charge in [0.25, 0.3) is 5.91 Å². The largest absolute Gasteiger partial charge is 0.489 e. The molecule has 0 radical (unpaired) electrons. The lowest BCUT2D eigenvalue weighted by atomic mass is 9.97. The molecule has 1 aromatic carbocycles. The Morgan fingerprint density at radius 1 is 1.29 bits per heavy atom. The number of aryl methyl sites for hydroxylation is 1. The van der Waals surface area contributed by atoms with Crippen LogP contribution in [0.3, 0.4) is 0 Å². The van der Waals surface area contributed by atoms with Crippen LogP contribution in [-0.4, -0.2) is 12.0 Å². The minimum Gasteiger partial charge on any atom is -0.489 e. The predicted octanol–water partition coefficient (Wildman–Crippen LogP) is 3.42. The standard InChI is InChI=1S/C17H26N2O2/c1-2-3-7-12-10-13(18)11-15(17(19)20)16(12)21-14-8-5-4-6-9-14/h10-11,14H,2-9,18H2,1H3,(H2,19,20). The number of benzene rings is 1. The molecule has 4 N–H and O–H groups in total. The molecule has 4 nitrogen and oxygen atoms in total. The van der Waals surface area contributed by atoms with Crippen molar-refractivity contribution in [1.82, 2.24) is 0 Å². The number of hydrogen-bond acceptors (Lipinski definition) is 3. The van der Waals surface area contributed by atoms with E-state index in [1.807, 2.05) is 6.07 Å². The minimum absolute atomic E-state index is 0.195. The molecule has 0 bridgehead atoms. The van der Waals surface area contributed by atoms with Crippen LogP contribution in [0.2, 0.25) is 0 Å². The normalized spacial score (nSPS) is 15.9. The first kappa shape index (κ1) is 15.7. The van der Waals surface area contributed by atoms with Crippen LogP contribution in [-0.2, 0) is 6.42 Å². The number of rotatable bonds is 6. The number of carbonyl (C=O) groups is 1. The van der Waals surface area contributed by atoms with Crippen LogP contribution < -0.4 is 16.2 Å². The fraction of sp³-hybridized carbons (Fsp3) is 0.588. The van der Waals surface area contributed by atoms with E-state index in [9.17, 15) is 4.79 Å². The SMILES string of the molecule is CCCCc1cc(N)cc(C(N)=O)c1OC1CCCCC1. The van der Waals surface area contributed by atoms with Crippen molar-refractivity contribution >= 4 is 11.6 Å². The fourth-order valence-electron chi connectivity index (χ4n) is 2.94. The lowest BCUT2D eigenvalue weighted by Crippen LogP contribution is -2.23. The summed E-state index contributed by atoms with van der Waals surface area (Å²) in [5.74, 6) is 0.197. The fourth-order valence-corrected chi connectivity index (χ4v) is 2.94. The monoisotopic (exact) mass is 290 g/mol. The molecule has 21 heavy (non-hydrogen) atoms. The van der Waals surface area contributed by atoms with Gasteiger partial charge in [-0.25, -0.2) is 0 Å². The van der Waals surface area contributed by atoms with Crippen LogP contribution in [0.4, 0.5) is 5.69 Å². The topological polar surface area (TPSA) is 78.3 Å². The highest BCUT2D eigenvalue weighted by Crippen LogP contribution is 2.32. The molecule has 1 aromatic rings. The van der Waals surface area contributed by atoms with Crippen molar-refractivity contribution in [2.45, 2.75) is 64.4 Å². The van der Waals surface area contributed by atoms with E-state index >= 15 is 0 Å². The summed E-state index contributed by atoms with van der Waals surface area (Å²) in [4.78, 5) is 11.7. The summed E-state index contributed by atoms with van der Waals surface area (Å²) in [6, 6.07) is 3.55. The zero-order valence-corrected chi connectivity index (χ0v) is 12.9. The molecule has 0 aromatic heterocycles. The number of ether oxygens (including phenoxy) is 1. The first-order chi connectivity index (χ1) is 10.1. The van der Waals surface area contributed by atoms with Crippen molar-refractivity contribution in [2.24, 2.45) is 5.73 Å². The number of carbonyl (C=O) groups excluding carboxylic acids is 1. The Labute approximate surface area is 126 Å². The molecule has 0 atom stereocenters. The molecule has 1 amide bonds. The van der Waals surface area contributed by atoms with Crippen LogP contribution in [0.25, 0.3) is 0 Å². The zero-order valence-electron chi connectivity index (χ0n) is 12.9. The molecule has 0 spiro atoms. The maximum atomic E-state index is 11.7. The van der Waals surface area contributed by atoms with Crippen LogP contribution in [0.1, 0.15) is 67.8 Å². The van der Waals surface area contributed by atoms with Crippen molar-refractivity contribution in [3.8, 4) is 5.75 Å². The second-order valence-corrected chi connectivity index (χ2v) is 5.90. The van der Waals surface area contributed by atoms with Gasteiger partial charge >= 0.3 is 0 Å². The Morgan fingerprint density at radius 3 is 2.62 bits per heavy atom. The minimum atomic E-state index is -0.467. The maximum Gasteiger partial charge on any atom is 0.252 e. The molecule has 1 fully saturated rings. The van der Waals surface area contributed by atoms with Gasteiger partial charge in [-0.1, -0.05) is 19.8 Å². The third-order valence-corrected chi connectivity index (χ3v) is 4.09. The lowest BCUT2D eigenvalue weighted by Gasteiger charge is -2.25. The average Bonchev–Trinajstić information content (AvgIpc) is 2.47. The Morgan fingerprint density at radius 2 is 2.00 bits per heavy atom. The molecule has 0 saturated heterocycles. The smallest absolute Gasteiger partial charge is 0.252 e. The molecular weight excluding hydrogens is 264 g/mol. The van der Waals surface area contributed by atoms with Gasteiger partial charge in [-0.2, -0.15) is 0 Å². The average molecular weight is 290 g/mol. The van der Waals surface area contributed by atoms with E-state index in [2.05, 4.69) is 6.92 Å². The van der Waals surface area contributed by atoms with Gasteiger partial charge in [-0.15, -0.1) is 0 Å². The number of nitrogens with two attached hydrogens (primary N) is 2. The van der Waals surface area contributed by atoms with Crippen LogP contribution in [0, 0.1) is 0 Å². The Hall–Kier alpha value is -1.71. The number of hydrogen-bond donors (Lipinski definition) is 2. The lowest BCUT2D eigenvalue weighted by molar-refractivity contribution is 0.0987. The van der Waals surface area contributed by atoms with Gasteiger partial charge in [0.2, 0.25) is 0 Å². The molecule has 1 saturated carbocycles. The van der Waals surface area contributed by atoms with E-state index in [1.54, 1.807) is 6.07 Å². The molecule has 0 unspecified atom stereocenters. The van der Waals surface area contributed by atoms with Crippen molar-refractivity contribution in [2.75, 3.05) is 5.73 Å². The highest BCUT2D eigenvalue weighted by Gasteiger charge is 2.21. The zero-order chi connectivity index (χ0) is 15.2. The summed E-state index contributed by atoms with van der Waals surface area (Å²) in [7, 11) is 0. The van der Waals surface area contributed by atoms with Gasteiger partial charge < -0.3 is 16.2 Å². The van der Waals surface area contributed by atoms with E-state index in [0.29, 0.717) is 17.0 Å². The maximum absolute atomic E-state index is 11.7. The Kier molecular flexibility index (Phi) is 5.48. The highest BCUT2D eigenvalue weighted by atomic mass is 16.5. The molecule has 0 heterocycles. The summed E-state index contributed by atoms with van der Waals surface area (Å²) >= 11 is 0. The van der Waals surface area contributed by atoms with Crippen molar-refractivity contribution in [1.29, 1.82) is 0 Å². The van der Waals surface area contributed by atoms with E-state index in [4.69, 9.17) is 16.2 Å². The van der Waals surface area contributed by atoms with Gasteiger partial charge in [0.1, 0.15) is 5.75 Å². The number of nitrogen functional groups attached to an aromatic ring is 1.